The molecule has 2 nitrogen and oxygen atoms in total. The van der Waals surface area contributed by atoms with Crippen LogP contribution in [0.25, 0.3) is 0 Å². The van der Waals surface area contributed by atoms with Crippen LogP contribution in [-0.2, 0) is 9.59 Å². The van der Waals surface area contributed by atoms with Gasteiger partial charge in [0.1, 0.15) is 11.6 Å². The number of hydrogen-bond acceptors (Lipinski definition) is 2. The Morgan fingerprint density at radius 2 is 1.54 bits per heavy atom. The lowest BCUT2D eigenvalue weighted by Gasteiger charge is -2.31. The Balaban J connectivity index is 1.72. The fourth-order valence-electron chi connectivity index (χ4n) is 5.00. The summed E-state index contributed by atoms with van der Waals surface area (Å²) in [6.45, 7) is 4.55. The highest BCUT2D eigenvalue weighted by Gasteiger charge is 2.27. The minimum Gasteiger partial charge on any atom is -0.299 e. The van der Waals surface area contributed by atoms with Gasteiger partial charge in [0.25, 0.3) is 0 Å². The summed E-state index contributed by atoms with van der Waals surface area (Å²) in [4.78, 5) is 24.8. The second-order valence-corrected chi connectivity index (χ2v) is 8.62. The van der Waals surface area contributed by atoms with Crippen molar-refractivity contribution in [2.75, 3.05) is 0 Å². The summed E-state index contributed by atoms with van der Waals surface area (Å²) in [7, 11) is 0. The molecule has 2 heteroatoms. The molecule has 4 atom stereocenters. The SMILES string of the molecule is CCCC1CCCCC1CCC(=O)CC(=O)C1CCCC(C)CC1. The quantitative estimate of drug-likeness (QED) is 0.396. The van der Waals surface area contributed by atoms with Gasteiger partial charge >= 0.3 is 0 Å². The maximum atomic E-state index is 12.5. The minimum atomic E-state index is 0.168. The maximum Gasteiger partial charge on any atom is 0.143 e. The van der Waals surface area contributed by atoms with Crippen LogP contribution in [0.5, 0.6) is 0 Å². The number of ketones is 2. The van der Waals surface area contributed by atoms with Crippen LogP contribution in [-0.4, -0.2) is 11.6 Å². The zero-order valence-electron chi connectivity index (χ0n) is 16.0. The van der Waals surface area contributed by atoms with Crippen molar-refractivity contribution in [1.29, 1.82) is 0 Å². The van der Waals surface area contributed by atoms with Crippen LogP contribution < -0.4 is 0 Å². The summed E-state index contributed by atoms with van der Waals surface area (Å²) < 4.78 is 0. The summed E-state index contributed by atoms with van der Waals surface area (Å²) in [6, 6.07) is 0. The summed E-state index contributed by atoms with van der Waals surface area (Å²) >= 11 is 0. The predicted octanol–water partition coefficient (Wildman–Crippen LogP) is 6.12. The van der Waals surface area contributed by atoms with E-state index < -0.39 is 0 Å². The highest BCUT2D eigenvalue weighted by molar-refractivity contribution is 6.00. The number of hydrogen-bond donors (Lipinski definition) is 0. The van der Waals surface area contributed by atoms with Crippen LogP contribution in [0.15, 0.2) is 0 Å². The maximum absolute atomic E-state index is 12.5. The Morgan fingerprint density at radius 3 is 2.25 bits per heavy atom. The molecule has 0 heterocycles. The first kappa shape index (κ1) is 19.7. The zero-order chi connectivity index (χ0) is 17.4. The van der Waals surface area contributed by atoms with Gasteiger partial charge in [0.15, 0.2) is 0 Å². The molecule has 0 radical (unpaired) electrons. The topological polar surface area (TPSA) is 34.1 Å². The molecule has 0 aromatic carbocycles. The fourth-order valence-corrected chi connectivity index (χ4v) is 5.00. The number of carbonyl (C=O) groups is 2. The molecule has 0 aromatic rings. The van der Waals surface area contributed by atoms with Crippen molar-refractivity contribution in [3.05, 3.63) is 0 Å². The van der Waals surface area contributed by atoms with E-state index in [-0.39, 0.29) is 23.9 Å². The molecule has 0 N–H and O–H groups in total. The van der Waals surface area contributed by atoms with Gasteiger partial charge in [0.2, 0.25) is 0 Å². The summed E-state index contributed by atoms with van der Waals surface area (Å²) in [5.74, 6) is 2.93. The van der Waals surface area contributed by atoms with E-state index in [9.17, 15) is 9.59 Å². The molecule has 2 saturated carbocycles. The zero-order valence-corrected chi connectivity index (χ0v) is 16.0. The molecule has 0 bridgehead atoms. The van der Waals surface area contributed by atoms with E-state index in [1.807, 2.05) is 0 Å². The Morgan fingerprint density at radius 1 is 0.833 bits per heavy atom. The second-order valence-electron chi connectivity index (χ2n) is 8.62. The van der Waals surface area contributed by atoms with Crippen molar-refractivity contribution in [3.63, 3.8) is 0 Å². The van der Waals surface area contributed by atoms with Gasteiger partial charge in [0.05, 0.1) is 6.42 Å². The Bertz CT molecular complexity index is 399. The van der Waals surface area contributed by atoms with E-state index in [2.05, 4.69) is 13.8 Å². The molecule has 4 unspecified atom stereocenters. The second kappa shape index (κ2) is 10.4. The average Bonchev–Trinajstić information content (AvgIpc) is 2.79. The third kappa shape index (κ3) is 6.33. The van der Waals surface area contributed by atoms with Crippen LogP contribution in [0, 0.1) is 23.7 Å². The lowest BCUT2D eigenvalue weighted by Crippen LogP contribution is -2.22. The molecule has 2 aliphatic carbocycles. The predicted molar refractivity (Wildman–Crippen MR) is 100.0 cm³/mol. The van der Waals surface area contributed by atoms with Crippen molar-refractivity contribution in [2.24, 2.45) is 23.7 Å². The van der Waals surface area contributed by atoms with Crippen LogP contribution in [0.4, 0.5) is 0 Å². The van der Waals surface area contributed by atoms with Gasteiger partial charge in [-0.15, -0.1) is 0 Å². The van der Waals surface area contributed by atoms with E-state index in [4.69, 9.17) is 0 Å². The number of carbonyl (C=O) groups excluding carboxylic acids is 2. The third-order valence-corrected chi connectivity index (χ3v) is 6.60. The third-order valence-electron chi connectivity index (χ3n) is 6.60. The van der Waals surface area contributed by atoms with E-state index >= 15 is 0 Å². The van der Waals surface area contributed by atoms with Gasteiger partial charge < -0.3 is 0 Å². The van der Waals surface area contributed by atoms with Gasteiger partial charge in [0, 0.05) is 12.3 Å². The lowest BCUT2D eigenvalue weighted by molar-refractivity contribution is -0.129. The minimum absolute atomic E-state index is 0.168. The van der Waals surface area contributed by atoms with Crippen molar-refractivity contribution in [1.82, 2.24) is 0 Å². The average molecular weight is 335 g/mol. The monoisotopic (exact) mass is 334 g/mol. The van der Waals surface area contributed by atoms with E-state index in [0.29, 0.717) is 6.42 Å². The van der Waals surface area contributed by atoms with Crippen LogP contribution in [0.2, 0.25) is 0 Å². The Hall–Kier alpha value is -0.660. The number of rotatable bonds is 8. The smallest absolute Gasteiger partial charge is 0.143 e. The van der Waals surface area contributed by atoms with Gasteiger partial charge in [-0.1, -0.05) is 71.6 Å². The first-order valence-corrected chi connectivity index (χ1v) is 10.6. The van der Waals surface area contributed by atoms with Crippen LogP contribution in [0.3, 0.4) is 0 Å². The molecule has 0 amide bonds. The normalized spacial score (nSPS) is 31.4. The molecular formula is C22H38O2. The Labute approximate surface area is 149 Å². The molecule has 0 spiro atoms. The van der Waals surface area contributed by atoms with E-state index in [0.717, 1.165) is 49.9 Å². The van der Waals surface area contributed by atoms with Crippen molar-refractivity contribution in [3.8, 4) is 0 Å². The van der Waals surface area contributed by atoms with E-state index in [1.165, 1.54) is 44.9 Å². The van der Waals surface area contributed by atoms with Gasteiger partial charge in [-0.3, -0.25) is 9.59 Å². The molecule has 0 aromatic heterocycles. The summed E-state index contributed by atoms with van der Waals surface area (Å²) in [6.07, 6.45) is 15.4. The lowest BCUT2D eigenvalue weighted by atomic mass is 9.74. The van der Waals surface area contributed by atoms with Crippen molar-refractivity contribution >= 4 is 11.6 Å². The molecule has 0 saturated heterocycles. The van der Waals surface area contributed by atoms with Crippen molar-refractivity contribution < 1.29 is 9.59 Å². The summed E-state index contributed by atoms with van der Waals surface area (Å²) in [5, 5.41) is 0. The first-order valence-electron chi connectivity index (χ1n) is 10.6. The highest BCUT2D eigenvalue weighted by atomic mass is 16.1. The Kier molecular flexibility index (Phi) is 8.49. The fraction of sp³-hybridized carbons (Fsp3) is 0.909. The van der Waals surface area contributed by atoms with Gasteiger partial charge in [-0.2, -0.15) is 0 Å². The summed E-state index contributed by atoms with van der Waals surface area (Å²) in [5.41, 5.74) is 0. The largest absolute Gasteiger partial charge is 0.299 e. The molecule has 24 heavy (non-hydrogen) atoms. The first-order chi connectivity index (χ1) is 11.6. The van der Waals surface area contributed by atoms with Crippen LogP contribution in [0.1, 0.15) is 104 Å². The van der Waals surface area contributed by atoms with Gasteiger partial charge in [-0.05, 0) is 37.0 Å². The van der Waals surface area contributed by atoms with Crippen LogP contribution >= 0.6 is 0 Å². The molecule has 2 fully saturated rings. The number of Topliss-reactive ketones (excluding diaryl/α,β-unsaturated/α-hetero) is 2. The van der Waals surface area contributed by atoms with Crippen molar-refractivity contribution in [2.45, 2.75) is 104 Å². The molecule has 2 aliphatic rings. The van der Waals surface area contributed by atoms with Gasteiger partial charge in [-0.25, -0.2) is 0 Å². The molecule has 2 rings (SSSR count). The molecule has 0 aliphatic heterocycles. The molecular weight excluding hydrogens is 296 g/mol. The standard InChI is InChI=1S/C22H38O2/c1-3-7-18-9-4-5-10-19(18)14-15-21(23)16-22(24)20-11-6-8-17(2)12-13-20/h17-20H,3-16H2,1-2H3. The highest BCUT2D eigenvalue weighted by Crippen LogP contribution is 2.36. The molecule has 138 valence electrons. The van der Waals surface area contributed by atoms with E-state index in [1.54, 1.807) is 0 Å².